The van der Waals surface area contributed by atoms with E-state index in [1.165, 1.54) is 11.1 Å². The molecule has 0 saturated carbocycles. The normalized spacial score (nSPS) is 13.2. The van der Waals surface area contributed by atoms with Crippen LogP contribution in [-0.2, 0) is 7.05 Å². The summed E-state index contributed by atoms with van der Waals surface area (Å²) in [4.78, 5) is 0. The van der Waals surface area contributed by atoms with Gasteiger partial charge in [0, 0.05) is 30.9 Å². The molecular formula is C13H23N3. The quantitative estimate of drug-likeness (QED) is 0.850. The van der Waals surface area contributed by atoms with Crippen molar-refractivity contribution in [3.63, 3.8) is 0 Å². The van der Waals surface area contributed by atoms with Gasteiger partial charge in [0.25, 0.3) is 0 Å². The largest absolute Gasteiger partial charge is 0.308 e. The summed E-state index contributed by atoms with van der Waals surface area (Å²) in [6, 6.07) is 0. The van der Waals surface area contributed by atoms with E-state index in [0.717, 1.165) is 12.2 Å². The van der Waals surface area contributed by atoms with Crippen LogP contribution in [-0.4, -0.2) is 21.9 Å². The third-order valence-corrected chi connectivity index (χ3v) is 2.35. The van der Waals surface area contributed by atoms with Gasteiger partial charge in [0.2, 0.25) is 0 Å². The second-order valence-corrected chi connectivity index (χ2v) is 5.44. The Morgan fingerprint density at radius 2 is 2.12 bits per heavy atom. The fraction of sp³-hybridized carbons (Fsp3) is 0.615. The van der Waals surface area contributed by atoms with E-state index in [2.05, 4.69) is 50.4 Å². The highest BCUT2D eigenvalue weighted by molar-refractivity contribution is 5.53. The molecule has 0 aliphatic carbocycles. The number of hydrogen-bond donors (Lipinski definition) is 1. The second kappa shape index (κ2) is 4.83. The first-order valence-electron chi connectivity index (χ1n) is 5.70. The molecule has 1 N–H and O–H groups in total. The van der Waals surface area contributed by atoms with Crippen molar-refractivity contribution in [3.8, 4) is 0 Å². The molecule has 0 amide bonds. The van der Waals surface area contributed by atoms with Crippen LogP contribution in [0.25, 0.3) is 6.08 Å². The smallest absolute Gasteiger partial charge is 0.0665 e. The summed E-state index contributed by atoms with van der Waals surface area (Å²) in [5.41, 5.74) is 3.78. The standard InChI is InChI=1S/C13H23N3/c1-10(8-14-13(3,4)5)7-12-9-16(6)15-11(12)2/h7,9,14H,8H2,1-6H3. The van der Waals surface area contributed by atoms with Crippen LogP contribution in [0.3, 0.4) is 0 Å². The number of nitrogens with zero attached hydrogens (tertiary/aromatic N) is 2. The molecule has 0 saturated heterocycles. The lowest BCUT2D eigenvalue weighted by Crippen LogP contribution is -2.36. The van der Waals surface area contributed by atoms with Crippen LogP contribution in [0.5, 0.6) is 0 Å². The average molecular weight is 221 g/mol. The molecule has 0 atom stereocenters. The molecule has 0 radical (unpaired) electrons. The van der Waals surface area contributed by atoms with Crippen molar-refractivity contribution in [1.82, 2.24) is 15.1 Å². The highest BCUT2D eigenvalue weighted by Crippen LogP contribution is 2.10. The fourth-order valence-electron chi connectivity index (χ4n) is 1.48. The Kier molecular flexibility index (Phi) is 3.92. The summed E-state index contributed by atoms with van der Waals surface area (Å²) in [6.45, 7) is 11.6. The molecule has 0 fully saturated rings. The van der Waals surface area contributed by atoms with Gasteiger partial charge in [0.05, 0.1) is 5.69 Å². The highest BCUT2D eigenvalue weighted by atomic mass is 15.2. The summed E-state index contributed by atoms with van der Waals surface area (Å²) >= 11 is 0. The lowest BCUT2D eigenvalue weighted by atomic mass is 10.1. The number of aryl methyl sites for hydroxylation is 2. The molecule has 3 nitrogen and oxygen atoms in total. The minimum Gasteiger partial charge on any atom is -0.308 e. The van der Waals surface area contributed by atoms with Gasteiger partial charge in [0.15, 0.2) is 0 Å². The summed E-state index contributed by atoms with van der Waals surface area (Å²) < 4.78 is 1.85. The van der Waals surface area contributed by atoms with Crippen molar-refractivity contribution in [1.29, 1.82) is 0 Å². The maximum Gasteiger partial charge on any atom is 0.0665 e. The molecule has 0 unspecified atom stereocenters. The van der Waals surface area contributed by atoms with Gasteiger partial charge in [-0.1, -0.05) is 11.6 Å². The van der Waals surface area contributed by atoms with Gasteiger partial charge in [-0.05, 0) is 34.6 Å². The molecule has 16 heavy (non-hydrogen) atoms. The average Bonchev–Trinajstić information content (AvgIpc) is 2.41. The maximum atomic E-state index is 4.32. The maximum absolute atomic E-state index is 4.32. The van der Waals surface area contributed by atoms with Crippen LogP contribution in [0, 0.1) is 6.92 Å². The van der Waals surface area contributed by atoms with Gasteiger partial charge in [-0.25, -0.2) is 0 Å². The second-order valence-electron chi connectivity index (χ2n) is 5.44. The predicted octanol–water partition coefficient (Wildman–Crippen LogP) is 2.52. The molecule has 1 aromatic heterocycles. The molecule has 0 bridgehead atoms. The van der Waals surface area contributed by atoms with Crippen LogP contribution in [0.4, 0.5) is 0 Å². The third kappa shape index (κ3) is 4.19. The van der Waals surface area contributed by atoms with E-state index in [-0.39, 0.29) is 5.54 Å². The van der Waals surface area contributed by atoms with E-state index in [1.807, 2.05) is 18.7 Å². The topological polar surface area (TPSA) is 29.9 Å². The summed E-state index contributed by atoms with van der Waals surface area (Å²) in [5, 5.41) is 7.80. The van der Waals surface area contributed by atoms with Gasteiger partial charge >= 0.3 is 0 Å². The minimum atomic E-state index is 0.166. The van der Waals surface area contributed by atoms with Crippen LogP contribution in [0.15, 0.2) is 11.8 Å². The van der Waals surface area contributed by atoms with Gasteiger partial charge in [-0.3, -0.25) is 4.68 Å². The van der Waals surface area contributed by atoms with Crippen LogP contribution in [0.1, 0.15) is 39.0 Å². The molecule has 1 heterocycles. The number of rotatable bonds is 3. The Morgan fingerprint density at radius 1 is 1.50 bits per heavy atom. The summed E-state index contributed by atoms with van der Waals surface area (Å²) in [6.07, 6.45) is 4.25. The molecule has 0 aromatic carbocycles. The zero-order chi connectivity index (χ0) is 12.3. The third-order valence-electron chi connectivity index (χ3n) is 2.35. The van der Waals surface area contributed by atoms with Crippen LogP contribution < -0.4 is 5.32 Å². The molecular weight excluding hydrogens is 198 g/mol. The van der Waals surface area contributed by atoms with E-state index in [1.54, 1.807) is 0 Å². The van der Waals surface area contributed by atoms with Gasteiger partial charge < -0.3 is 5.32 Å². The Bertz CT molecular complexity index is 380. The SMILES string of the molecule is CC(=Cc1cn(C)nc1C)CNC(C)(C)C. The first kappa shape index (κ1) is 13.0. The molecule has 90 valence electrons. The molecule has 1 aromatic rings. The summed E-state index contributed by atoms with van der Waals surface area (Å²) in [7, 11) is 1.95. The van der Waals surface area contributed by atoms with E-state index in [0.29, 0.717) is 0 Å². The van der Waals surface area contributed by atoms with Gasteiger partial charge in [0.1, 0.15) is 0 Å². The van der Waals surface area contributed by atoms with Gasteiger partial charge in [-0.2, -0.15) is 5.10 Å². The van der Waals surface area contributed by atoms with E-state index in [4.69, 9.17) is 0 Å². The van der Waals surface area contributed by atoms with Crippen molar-refractivity contribution >= 4 is 6.08 Å². The Morgan fingerprint density at radius 3 is 2.56 bits per heavy atom. The Hall–Kier alpha value is -1.09. The van der Waals surface area contributed by atoms with Crippen molar-refractivity contribution in [2.24, 2.45) is 7.05 Å². The molecule has 0 aliphatic heterocycles. The Balaban J connectivity index is 2.66. The van der Waals surface area contributed by atoms with Gasteiger partial charge in [-0.15, -0.1) is 0 Å². The monoisotopic (exact) mass is 221 g/mol. The summed E-state index contributed by atoms with van der Waals surface area (Å²) in [5.74, 6) is 0. The van der Waals surface area contributed by atoms with Crippen LogP contribution >= 0.6 is 0 Å². The van der Waals surface area contributed by atoms with E-state index in [9.17, 15) is 0 Å². The number of hydrogen-bond acceptors (Lipinski definition) is 2. The first-order valence-corrected chi connectivity index (χ1v) is 5.70. The van der Waals surface area contributed by atoms with Crippen molar-refractivity contribution < 1.29 is 0 Å². The number of nitrogens with one attached hydrogen (secondary N) is 1. The highest BCUT2D eigenvalue weighted by Gasteiger charge is 2.08. The lowest BCUT2D eigenvalue weighted by molar-refractivity contribution is 0.445. The van der Waals surface area contributed by atoms with E-state index < -0.39 is 0 Å². The minimum absolute atomic E-state index is 0.166. The Labute approximate surface area is 98.5 Å². The molecule has 1 rings (SSSR count). The van der Waals surface area contributed by atoms with Crippen molar-refractivity contribution in [3.05, 3.63) is 23.0 Å². The molecule has 0 aliphatic rings. The lowest BCUT2D eigenvalue weighted by Gasteiger charge is -2.20. The fourth-order valence-corrected chi connectivity index (χ4v) is 1.48. The van der Waals surface area contributed by atoms with Crippen molar-refractivity contribution in [2.45, 2.75) is 40.2 Å². The van der Waals surface area contributed by atoms with E-state index >= 15 is 0 Å². The zero-order valence-electron chi connectivity index (χ0n) is 11.3. The van der Waals surface area contributed by atoms with Crippen molar-refractivity contribution in [2.75, 3.05) is 6.54 Å². The first-order chi connectivity index (χ1) is 7.28. The molecule has 0 spiro atoms. The predicted molar refractivity (Wildman–Crippen MR) is 69.4 cm³/mol. The molecule has 3 heteroatoms. The number of aromatic nitrogens is 2. The zero-order valence-corrected chi connectivity index (χ0v) is 11.3. The van der Waals surface area contributed by atoms with Crippen LogP contribution in [0.2, 0.25) is 0 Å².